The first-order valence-corrected chi connectivity index (χ1v) is 5.13. The molecule has 1 aromatic carbocycles. The summed E-state index contributed by atoms with van der Waals surface area (Å²) in [6.07, 6.45) is 2.68. The van der Waals surface area contributed by atoms with Gasteiger partial charge in [-0.05, 0) is 18.2 Å². The smallest absolute Gasteiger partial charge is 0.358 e. The highest BCUT2D eigenvalue weighted by atomic mass is 19.1. The summed E-state index contributed by atoms with van der Waals surface area (Å²) in [6, 6.07) is 5.80. The van der Waals surface area contributed by atoms with E-state index in [9.17, 15) is 9.18 Å². The fraction of sp³-hybridized carbons (Fsp3) is 0.0833. The molecule has 0 amide bonds. The minimum absolute atomic E-state index is 0.163. The molecule has 1 aromatic heterocycles. The number of carboxylic acids is 1. The molecule has 0 atom stereocenters. The van der Waals surface area contributed by atoms with Crippen LogP contribution in [0.5, 0.6) is 0 Å². The number of hydrogen-bond donors (Lipinski definition) is 1. The highest BCUT2D eigenvalue weighted by molar-refractivity contribution is 5.91. The molecule has 0 aliphatic rings. The Morgan fingerprint density at radius 2 is 2.06 bits per heavy atom. The van der Waals surface area contributed by atoms with Gasteiger partial charge in [-0.25, -0.2) is 19.2 Å². The molecule has 0 fully saturated rings. The number of carbonyl (C=O) groups is 1. The van der Waals surface area contributed by atoms with E-state index >= 15 is 0 Å². The fourth-order valence-corrected chi connectivity index (χ4v) is 1.53. The maximum Gasteiger partial charge on any atom is 0.358 e. The minimum atomic E-state index is -1.18. The largest absolute Gasteiger partial charge is 0.476 e. The molecule has 0 aliphatic heterocycles. The Hall–Kier alpha value is -2.50. The number of anilines is 2. The van der Waals surface area contributed by atoms with E-state index in [2.05, 4.69) is 9.97 Å². The molecule has 2 rings (SSSR count). The van der Waals surface area contributed by atoms with Crippen LogP contribution in [0.4, 0.5) is 15.9 Å². The Balaban J connectivity index is 2.46. The van der Waals surface area contributed by atoms with Crippen LogP contribution in [0.3, 0.4) is 0 Å². The van der Waals surface area contributed by atoms with Crippen LogP contribution in [-0.4, -0.2) is 28.1 Å². The summed E-state index contributed by atoms with van der Waals surface area (Å²) >= 11 is 0. The van der Waals surface area contributed by atoms with Gasteiger partial charge in [0.05, 0.1) is 0 Å². The van der Waals surface area contributed by atoms with E-state index in [0.717, 1.165) is 0 Å². The van der Waals surface area contributed by atoms with Crippen molar-refractivity contribution >= 4 is 17.5 Å². The van der Waals surface area contributed by atoms with Crippen LogP contribution in [0, 0.1) is 5.82 Å². The topological polar surface area (TPSA) is 66.3 Å². The molecule has 0 aliphatic carbocycles. The molecule has 0 radical (unpaired) electrons. The molecule has 1 heterocycles. The molecule has 18 heavy (non-hydrogen) atoms. The zero-order valence-electron chi connectivity index (χ0n) is 9.54. The highest BCUT2D eigenvalue weighted by Gasteiger charge is 2.17. The third-order valence-corrected chi connectivity index (χ3v) is 2.39. The van der Waals surface area contributed by atoms with Crippen molar-refractivity contribution in [3.63, 3.8) is 0 Å². The molecule has 5 nitrogen and oxygen atoms in total. The highest BCUT2D eigenvalue weighted by Crippen LogP contribution is 2.24. The first-order valence-electron chi connectivity index (χ1n) is 5.13. The molecule has 0 saturated heterocycles. The molecule has 0 unspecified atom stereocenters. The number of halogens is 1. The van der Waals surface area contributed by atoms with E-state index < -0.39 is 11.8 Å². The summed E-state index contributed by atoms with van der Waals surface area (Å²) in [5.41, 5.74) is 0.322. The quantitative estimate of drug-likeness (QED) is 0.899. The van der Waals surface area contributed by atoms with Crippen molar-refractivity contribution in [2.75, 3.05) is 11.9 Å². The third kappa shape index (κ3) is 2.27. The molecule has 0 bridgehead atoms. The van der Waals surface area contributed by atoms with Gasteiger partial charge < -0.3 is 10.0 Å². The van der Waals surface area contributed by atoms with Gasteiger partial charge in [0.15, 0.2) is 11.5 Å². The van der Waals surface area contributed by atoms with Crippen molar-refractivity contribution in [2.24, 2.45) is 0 Å². The van der Waals surface area contributed by atoms with Crippen LogP contribution in [0.25, 0.3) is 0 Å². The van der Waals surface area contributed by atoms with Crippen molar-refractivity contribution in [1.29, 1.82) is 0 Å². The lowest BCUT2D eigenvalue weighted by Gasteiger charge is -2.19. The first-order chi connectivity index (χ1) is 8.59. The molecule has 0 spiro atoms. The van der Waals surface area contributed by atoms with E-state index in [1.165, 1.54) is 35.5 Å². The van der Waals surface area contributed by atoms with Gasteiger partial charge in [-0.2, -0.15) is 0 Å². The Kier molecular flexibility index (Phi) is 3.18. The number of rotatable bonds is 3. The number of nitrogens with zero attached hydrogens (tertiary/aromatic N) is 3. The number of carboxylic acid groups (broad SMARTS) is 1. The van der Waals surface area contributed by atoms with Gasteiger partial charge in [0.25, 0.3) is 0 Å². The Labute approximate surface area is 103 Å². The van der Waals surface area contributed by atoms with Crippen LogP contribution < -0.4 is 4.90 Å². The zero-order chi connectivity index (χ0) is 13.1. The average molecular weight is 247 g/mol. The van der Waals surface area contributed by atoms with Crippen LogP contribution in [0.15, 0.2) is 36.7 Å². The second kappa shape index (κ2) is 4.79. The molecule has 2 aromatic rings. The predicted octanol–water partition coefficient (Wildman–Crippen LogP) is 2.08. The van der Waals surface area contributed by atoms with Crippen LogP contribution >= 0.6 is 0 Å². The van der Waals surface area contributed by atoms with Gasteiger partial charge in [0.2, 0.25) is 0 Å². The average Bonchev–Trinajstić information content (AvgIpc) is 2.38. The van der Waals surface area contributed by atoms with E-state index in [1.807, 2.05) is 0 Å². The first kappa shape index (κ1) is 12.0. The van der Waals surface area contributed by atoms with E-state index in [-0.39, 0.29) is 11.5 Å². The summed E-state index contributed by atoms with van der Waals surface area (Å²) in [5, 5.41) is 9.01. The van der Waals surface area contributed by atoms with Gasteiger partial charge >= 0.3 is 5.97 Å². The van der Waals surface area contributed by atoms with E-state index in [4.69, 9.17) is 5.11 Å². The second-order valence-corrected chi connectivity index (χ2v) is 3.57. The lowest BCUT2D eigenvalue weighted by atomic mass is 10.2. The van der Waals surface area contributed by atoms with Gasteiger partial charge in [-0.1, -0.05) is 6.07 Å². The minimum Gasteiger partial charge on any atom is -0.476 e. The van der Waals surface area contributed by atoms with Crippen molar-refractivity contribution < 1.29 is 14.3 Å². The number of aromatic carboxylic acids is 1. The van der Waals surface area contributed by atoms with Crippen LogP contribution in [0.1, 0.15) is 10.5 Å². The number of hydrogen-bond acceptors (Lipinski definition) is 4. The molecular formula is C12H10FN3O2. The molecule has 6 heteroatoms. The van der Waals surface area contributed by atoms with Gasteiger partial charge in [0, 0.05) is 25.1 Å². The summed E-state index contributed by atoms with van der Waals surface area (Å²) < 4.78 is 13.1. The molecule has 92 valence electrons. The van der Waals surface area contributed by atoms with Gasteiger partial charge in [-0.3, -0.25) is 0 Å². The van der Waals surface area contributed by atoms with E-state index in [0.29, 0.717) is 5.69 Å². The normalized spacial score (nSPS) is 10.1. The molecule has 1 N–H and O–H groups in total. The third-order valence-electron chi connectivity index (χ3n) is 2.39. The maximum absolute atomic E-state index is 13.1. The van der Waals surface area contributed by atoms with Crippen LogP contribution in [-0.2, 0) is 0 Å². The van der Waals surface area contributed by atoms with Crippen molar-refractivity contribution in [1.82, 2.24) is 9.97 Å². The second-order valence-electron chi connectivity index (χ2n) is 3.57. The number of benzene rings is 1. The standard InChI is InChI=1S/C12H10FN3O2/c1-16(9-4-2-3-8(13)7-9)11-10(12(17)18)14-5-6-15-11/h2-7H,1H3,(H,17,18). The van der Waals surface area contributed by atoms with Crippen molar-refractivity contribution in [3.8, 4) is 0 Å². The lowest BCUT2D eigenvalue weighted by molar-refractivity contribution is 0.0691. The molecule has 0 saturated carbocycles. The Morgan fingerprint density at radius 3 is 2.72 bits per heavy atom. The fourth-order valence-electron chi connectivity index (χ4n) is 1.53. The summed E-state index contributed by atoms with van der Waals surface area (Å²) in [7, 11) is 1.60. The Morgan fingerprint density at radius 1 is 1.33 bits per heavy atom. The summed E-state index contributed by atoms with van der Waals surface area (Å²) in [4.78, 5) is 20.2. The lowest BCUT2D eigenvalue weighted by Crippen LogP contribution is -2.17. The number of aromatic nitrogens is 2. The maximum atomic E-state index is 13.1. The van der Waals surface area contributed by atoms with Gasteiger partial charge in [0.1, 0.15) is 5.82 Å². The Bertz CT molecular complexity index is 589. The molecular weight excluding hydrogens is 237 g/mol. The zero-order valence-corrected chi connectivity index (χ0v) is 9.54. The monoisotopic (exact) mass is 247 g/mol. The van der Waals surface area contributed by atoms with Crippen molar-refractivity contribution in [2.45, 2.75) is 0 Å². The summed E-state index contributed by atoms with van der Waals surface area (Å²) in [5.74, 6) is -1.42. The predicted molar refractivity (Wildman–Crippen MR) is 63.5 cm³/mol. The van der Waals surface area contributed by atoms with Crippen molar-refractivity contribution in [3.05, 3.63) is 48.2 Å². The van der Waals surface area contributed by atoms with Gasteiger partial charge in [-0.15, -0.1) is 0 Å². The summed E-state index contributed by atoms with van der Waals surface area (Å²) in [6.45, 7) is 0. The van der Waals surface area contributed by atoms with Crippen LogP contribution in [0.2, 0.25) is 0 Å². The SMILES string of the molecule is CN(c1cccc(F)c1)c1nccnc1C(=O)O. The van der Waals surface area contributed by atoms with E-state index in [1.54, 1.807) is 13.1 Å².